The van der Waals surface area contributed by atoms with Gasteiger partial charge in [0.25, 0.3) is 5.91 Å². The molecule has 0 spiro atoms. The molecule has 2 N–H and O–H groups in total. The SMILES string of the molecule is CC(CC#N)N(C)C(=O)C(C)(N)C(F)(F)F. The van der Waals surface area contributed by atoms with Gasteiger partial charge in [-0.1, -0.05) is 0 Å². The van der Waals surface area contributed by atoms with Gasteiger partial charge in [-0.2, -0.15) is 18.4 Å². The predicted octanol–water partition coefficient (Wildman–Crippen LogP) is 1.03. The maximum absolute atomic E-state index is 12.5. The van der Waals surface area contributed by atoms with Crippen LogP contribution in [-0.4, -0.2) is 35.6 Å². The Hall–Kier alpha value is -1.29. The van der Waals surface area contributed by atoms with E-state index >= 15 is 0 Å². The highest BCUT2D eigenvalue weighted by atomic mass is 19.4. The van der Waals surface area contributed by atoms with E-state index in [9.17, 15) is 18.0 Å². The van der Waals surface area contributed by atoms with Crippen LogP contribution in [0.2, 0.25) is 0 Å². The number of hydrogen-bond acceptors (Lipinski definition) is 3. The standard InChI is InChI=1S/C9H14F3N3O/c1-6(4-5-13)15(3)7(16)8(2,14)9(10,11)12/h6H,4,14H2,1-3H3. The molecule has 4 nitrogen and oxygen atoms in total. The highest BCUT2D eigenvalue weighted by Crippen LogP contribution is 2.29. The third-order valence-electron chi connectivity index (χ3n) is 2.40. The number of hydrogen-bond donors (Lipinski definition) is 1. The summed E-state index contributed by atoms with van der Waals surface area (Å²) in [6, 6.07) is 1.17. The topological polar surface area (TPSA) is 70.1 Å². The number of alkyl halides is 3. The first-order chi connectivity index (χ1) is 7.05. The zero-order valence-electron chi connectivity index (χ0n) is 9.30. The average molecular weight is 237 g/mol. The van der Waals surface area contributed by atoms with E-state index in [0.29, 0.717) is 6.92 Å². The number of halogens is 3. The summed E-state index contributed by atoms with van der Waals surface area (Å²) in [5.41, 5.74) is 2.05. The van der Waals surface area contributed by atoms with E-state index in [2.05, 4.69) is 0 Å². The molecule has 0 aliphatic carbocycles. The van der Waals surface area contributed by atoms with Gasteiger partial charge in [0.15, 0.2) is 5.54 Å². The average Bonchev–Trinajstić information content (AvgIpc) is 2.14. The van der Waals surface area contributed by atoms with Gasteiger partial charge in [0.05, 0.1) is 12.5 Å². The fourth-order valence-electron chi connectivity index (χ4n) is 0.957. The van der Waals surface area contributed by atoms with E-state index in [1.165, 1.54) is 14.0 Å². The lowest BCUT2D eigenvalue weighted by molar-refractivity contribution is -0.193. The van der Waals surface area contributed by atoms with Crippen molar-refractivity contribution in [2.75, 3.05) is 7.05 Å². The third kappa shape index (κ3) is 2.85. The van der Waals surface area contributed by atoms with Crippen LogP contribution < -0.4 is 5.73 Å². The molecule has 0 radical (unpaired) electrons. The zero-order valence-corrected chi connectivity index (χ0v) is 9.30. The van der Waals surface area contributed by atoms with Gasteiger partial charge in [0, 0.05) is 13.1 Å². The normalized spacial score (nSPS) is 17.1. The van der Waals surface area contributed by atoms with E-state index in [-0.39, 0.29) is 6.42 Å². The van der Waals surface area contributed by atoms with Crippen LogP contribution in [-0.2, 0) is 4.79 Å². The van der Waals surface area contributed by atoms with Gasteiger partial charge in [-0.3, -0.25) is 4.79 Å². The van der Waals surface area contributed by atoms with Gasteiger partial charge in [-0.15, -0.1) is 0 Å². The number of nitrogens with zero attached hydrogens (tertiary/aromatic N) is 2. The van der Waals surface area contributed by atoms with Crippen LogP contribution in [0.1, 0.15) is 20.3 Å². The summed E-state index contributed by atoms with van der Waals surface area (Å²) < 4.78 is 37.4. The molecule has 2 atom stereocenters. The molecular weight excluding hydrogens is 223 g/mol. The van der Waals surface area contributed by atoms with Gasteiger partial charge in [-0.05, 0) is 13.8 Å². The van der Waals surface area contributed by atoms with Crippen molar-refractivity contribution in [2.45, 2.75) is 38.0 Å². The number of likely N-dealkylation sites (N-methyl/N-ethyl adjacent to an activating group) is 1. The van der Waals surface area contributed by atoms with Crippen molar-refractivity contribution in [1.29, 1.82) is 5.26 Å². The molecule has 0 aromatic carbocycles. The molecule has 0 rings (SSSR count). The summed E-state index contributed by atoms with van der Waals surface area (Å²) in [6.45, 7) is 2.10. The van der Waals surface area contributed by atoms with Crippen LogP contribution in [0.15, 0.2) is 0 Å². The first-order valence-electron chi connectivity index (χ1n) is 4.55. The highest BCUT2D eigenvalue weighted by Gasteiger charge is 2.55. The molecule has 0 aromatic heterocycles. The largest absolute Gasteiger partial charge is 0.415 e. The number of rotatable bonds is 3. The fourth-order valence-corrected chi connectivity index (χ4v) is 0.957. The molecule has 0 aromatic rings. The molecule has 16 heavy (non-hydrogen) atoms. The molecule has 0 aliphatic heterocycles. The van der Waals surface area contributed by atoms with E-state index in [1.54, 1.807) is 6.07 Å². The second-order valence-electron chi connectivity index (χ2n) is 3.83. The van der Waals surface area contributed by atoms with Gasteiger partial charge in [0.2, 0.25) is 0 Å². The summed E-state index contributed by atoms with van der Waals surface area (Å²) in [5.74, 6) is -1.25. The Morgan fingerprint density at radius 1 is 1.56 bits per heavy atom. The van der Waals surface area contributed by atoms with Crippen molar-refractivity contribution in [1.82, 2.24) is 4.90 Å². The summed E-state index contributed by atoms with van der Waals surface area (Å²) in [5, 5.41) is 8.39. The van der Waals surface area contributed by atoms with Gasteiger partial charge < -0.3 is 10.6 Å². The van der Waals surface area contributed by atoms with Crippen molar-refractivity contribution < 1.29 is 18.0 Å². The minimum absolute atomic E-state index is 0.0455. The maximum atomic E-state index is 12.5. The number of nitriles is 1. The van der Waals surface area contributed by atoms with E-state index in [1.807, 2.05) is 0 Å². The molecule has 0 heterocycles. The second kappa shape index (κ2) is 4.70. The number of carbonyl (C=O) groups excluding carboxylic acids is 1. The van der Waals surface area contributed by atoms with Crippen LogP contribution in [0.3, 0.4) is 0 Å². The Balaban J connectivity index is 4.88. The quantitative estimate of drug-likeness (QED) is 0.796. The Labute approximate surface area is 91.8 Å². The summed E-state index contributed by atoms with van der Waals surface area (Å²) in [4.78, 5) is 12.3. The lowest BCUT2D eigenvalue weighted by Crippen LogP contribution is -2.62. The van der Waals surface area contributed by atoms with Crippen LogP contribution in [0.4, 0.5) is 13.2 Å². The molecule has 7 heteroatoms. The summed E-state index contributed by atoms with van der Waals surface area (Å²) in [6.07, 6.45) is -4.86. The van der Waals surface area contributed by atoms with E-state index < -0.39 is 23.7 Å². The maximum Gasteiger partial charge on any atom is 0.415 e. The van der Waals surface area contributed by atoms with Crippen molar-refractivity contribution in [2.24, 2.45) is 5.73 Å². The molecule has 0 saturated heterocycles. The van der Waals surface area contributed by atoms with Crippen LogP contribution in [0.25, 0.3) is 0 Å². The van der Waals surface area contributed by atoms with Gasteiger partial charge >= 0.3 is 6.18 Å². The molecular formula is C9H14F3N3O. The summed E-state index contributed by atoms with van der Waals surface area (Å²) in [7, 11) is 1.20. The molecule has 1 amide bonds. The second-order valence-corrected chi connectivity index (χ2v) is 3.83. The van der Waals surface area contributed by atoms with Gasteiger partial charge in [0.1, 0.15) is 0 Å². The zero-order chi connectivity index (χ0) is 13.1. The first-order valence-corrected chi connectivity index (χ1v) is 4.55. The lowest BCUT2D eigenvalue weighted by atomic mass is 10.0. The smallest absolute Gasteiger partial charge is 0.340 e. The number of nitrogens with two attached hydrogens (primary N) is 1. The molecule has 0 saturated carbocycles. The Morgan fingerprint density at radius 3 is 2.31 bits per heavy atom. The lowest BCUT2D eigenvalue weighted by Gasteiger charge is -2.33. The predicted molar refractivity (Wildman–Crippen MR) is 51.1 cm³/mol. The monoisotopic (exact) mass is 237 g/mol. The van der Waals surface area contributed by atoms with E-state index in [4.69, 9.17) is 11.0 Å². The minimum Gasteiger partial charge on any atom is -0.340 e. The number of carbonyl (C=O) groups is 1. The van der Waals surface area contributed by atoms with E-state index in [0.717, 1.165) is 4.90 Å². The molecule has 0 fully saturated rings. The van der Waals surface area contributed by atoms with Crippen LogP contribution in [0, 0.1) is 11.3 Å². The Bertz CT molecular complexity index is 306. The Morgan fingerprint density at radius 2 is 2.00 bits per heavy atom. The molecule has 0 bridgehead atoms. The minimum atomic E-state index is -4.81. The van der Waals surface area contributed by atoms with Crippen molar-refractivity contribution >= 4 is 5.91 Å². The van der Waals surface area contributed by atoms with Crippen molar-refractivity contribution in [3.05, 3.63) is 0 Å². The first kappa shape index (κ1) is 14.7. The third-order valence-corrected chi connectivity index (χ3v) is 2.40. The summed E-state index contributed by atoms with van der Waals surface area (Å²) >= 11 is 0. The molecule has 0 aliphatic rings. The van der Waals surface area contributed by atoms with Gasteiger partial charge in [-0.25, -0.2) is 0 Å². The highest BCUT2D eigenvalue weighted by molar-refractivity contribution is 5.86. The Kier molecular flexibility index (Phi) is 4.32. The van der Waals surface area contributed by atoms with Crippen LogP contribution >= 0.6 is 0 Å². The van der Waals surface area contributed by atoms with Crippen LogP contribution in [0.5, 0.6) is 0 Å². The fraction of sp³-hybridized carbons (Fsp3) is 0.778. The van der Waals surface area contributed by atoms with Crippen molar-refractivity contribution in [3.63, 3.8) is 0 Å². The number of amides is 1. The molecule has 2 unspecified atom stereocenters. The molecule has 92 valence electrons. The van der Waals surface area contributed by atoms with Crippen molar-refractivity contribution in [3.8, 4) is 6.07 Å².